The van der Waals surface area contributed by atoms with Crippen molar-refractivity contribution in [3.8, 4) is 0 Å². The minimum absolute atomic E-state index is 0.0669. The molecule has 0 aromatic heterocycles. The topological polar surface area (TPSA) is 27.7 Å². The Morgan fingerprint density at radius 2 is 1.61 bits per heavy atom. The lowest BCUT2D eigenvalue weighted by molar-refractivity contribution is -0.0920. The predicted molar refractivity (Wildman–Crippen MR) is 73.8 cm³/mol. The number of hydrogen-bond acceptors (Lipinski definition) is 3. The second kappa shape index (κ2) is 6.88. The van der Waals surface area contributed by atoms with Gasteiger partial charge in [-0.15, -0.1) is 0 Å². The summed E-state index contributed by atoms with van der Waals surface area (Å²) in [4.78, 5) is 0. The lowest BCUT2D eigenvalue weighted by Crippen LogP contribution is -2.35. The summed E-state index contributed by atoms with van der Waals surface area (Å²) in [7, 11) is 0. The van der Waals surface area contributed by atoms with Gasteiger partial charge in [-0.3, -0.25) is 0 Å². The summed E-state index contributed by atoms with van der Waals surface area (Å²) in [5, 5.41) is 0. The summed E-state index contributed by atoms with van der Waals surface area (Å²) in [5.41, 5.74) is 0. The molecule has 18 heavy (non-hydrogen) atoms. The molecule has 1 saturated heterocycles. The molecule has 0 aliphatic carbocycles. The second-order valence-corrected chi connectivity index (χ2v) is 6.27. The highest BCUT2D eigenvalue weighted by Crippen LogP contribution is 2.34. The van der Waals surface area contributed by atoms with E-state index < -0.39 is 0 Å². The first-order valence-electron chi connectivity index (χ1n) is 7.25. The van der Waals surface area contributed by atoms with E-state index in [-0.39, 0.29) is 30.5 Å². The van der Waals surface area contributed by atoms with Crippen LogP contribution in [0.2, 0.25) is 0 Å². The summed E-state index contributed by atoms with van der Waals surface area (Å²) < 4.78 is 17.9. The second-order valence-electron chi connectivity index (χ2n) is 6.27. The smallest absolute Gasteiger partial charge is 0.108 e. The van der Waals surface area contributed by atoms with Gasteiger partial charge in [0.25, 0.3) is 0 Å². The lowest BCUT2D eigenvalue weighted by Gasteiger charge is -2.24. The first kappa shape index (κ1) is 15.9. The van der Waals surface area contributed by atoms with Crippen LogP contribution in [-0.4, -0.2) is 37.1 Å². The largest absolute Gasteiger partial charge is 0.376 e. The van der Waals surface area contributed by atoms with Crippen LogP contribution < -0.4 is 0 Å². The molecule has 0 aromatic rings. The van der Waals surface area contributed by atoms with Crippen molar-refractivity contribution in [3.63, 3.8) is 0 Å². The minimum Gasteiger partial charge on any atom is -0.376 e. The molecule has 1 fully saturated rings. The fourth-order valence-electron chi connectivity index (χ4n) is 2.64. The van der Waals surface area contributed by atoms with Gasteiger partial charge in [-0.2, -0.15) is 0 Å². The average Bonchev–Trinajstić information content (AvgIpc) is 2.53. The quantitative estimate of drug-likeness (QED) is 0.732. The van der Waals surface area contributed by atoms with Crippen LogP contribution in [0.25, 0.3) is 0 Å². The van der Waals surface area contributed by atoms with Gasteiger partial charge in [0.2, 0.25) is 0 Å². The van der Waals surface area contributed by atoms with Crippen molar-refractivity contribution in [1.29, 1.82) is 0 Å². The highest BCUT2D eigenvalue weighted by atomic mass is 16.6. The van der Waals surface area contributed by atoms with Gasteiger partial charge in [0.05, 0.1) is 31.0 Å². The van der Waals surface area contributed by atoms with Gasteiger partial charge in [0.15, 0.2) is 0 Å². The minimum atomic E-state index is 0.0669. The molecule has 4 atom stereocenters. The molecule has 0 saturated carbocycles. The molecule has 108 valence electrons. The third-order valence-electron chi connectivity index (χ3n) is 3.41. The molecule has 1 aliphatic heterocycles. The van der Waals surface area contributed by atoms with Crippen LogP contribution in [-0.2, 0) is 14.2 Å². The molecular weight excluding hydrogens is 228 g/mol. The van der Waals surface area contributed by atoms with Crippen LogP contribution in [0.15, 0.2) is 0 Å². The van der Waals surface area contributed by atoms with Crippen LogP contribution >= 0.6 is 0 Å². The van der Waals surface area contributed by atoms with Crippen molar-refractivity contribution in [2.75, 3.05) is 6.61 Å². The van der Waals surface area contributed by atoms with Gasteiger partial charge in [0.1, 0.15) is 6.10 Å². The number of ether oxygens (including phenoxy) is 3. The summed E-state index contributed by atoms with van der Waals surface area (Å²) >= 11 is 0. The molecule has 1 aliphatic rings. The van der Waals surface area contributed by atoms with E-state index in [9.17, 15) is 0 Å². The third-order valence-corrected chi connectivity index (χ3v) is 3.41. The van der Waals surface area contributed by atoms with E-state index >= 15 is 0 Å². The standard InChI is InChI=1S/C15H30O3/c1-9(2)14-12(7)15(17-11(5)6)13(18-14)8-16-10(3)4/h9-15H,8H2,1-7H3/t12-,13-,14?,15+/m1/s1. The molecule has 1 heterocycles. The van der Waals surface area contributed by atoms with E-state index in [4.69, 9.17) is 14.2 Å². The summed E-state index contributed by atoms with van der Waals surface area (Å²) in [6.07, 6.45) is 0.957. The first-order valence-corrected chi connectivity index (χ1v) is 7.25. The van der Waals surface area contributed by atoms with Crippen LogP contribution in [0.4, 0.5) is 0 Å². The Hall–Kier alpha value is -0.120. The molecule has 0 amide bonds. The van der Waals surface area contributed by atoms with Gasteiger partial charge in [0, 0.05) is 5.92 Å². The van der Waals surface area contributed by atoms with E-state index in [1.165, 1.54) is 0 Å². The molecule has 3 nitrogen and oxygen atoms in total. The van der Waals surface area contributed by atoms with Gasteiger partial charge >= 0.3 is 0 Å². The first-order chi connectivity index (χ1) is 8.32. The molecule has 0 radical (unpaired) electrons. The normalized spacial score (nSPS) is 33.0. The number of hydrogen-bond donors (Lipinski definition) is 0. The molecule has 1 rings (SSSR count). The molecular formula is C15H30O3. The Kier molecular flexibility index (Phi) is 6.09. The SMILES string of the molecule is CC(C)OC[C@H]1OC(C(C)C)[C@@H](C)[C@@H]1OC(C)C. The molecule has 0 aromatic carbocycles. The van der Waals surface area contributed by atoms with Crippen LogP contribution in [0, 0.1) is 11.8 Å². The zero-order valence-corrected chi connectivity index (χ0v) is 13.0. The highest BCUT2D eigenvalue weighted by molar-refractivity contribution is 4.91. The lowest BCUT2D eigenvalue weighted by atomic mass is 9.91. The van der Waals surface area contributed by atoms with E-state index in [0.29, 0.717) is 18.4 Å². The monoisotopic (exact) mass is 258 g/mol. The van der Waals surface area contributed by atoms with Gasteiger partial charge < -0.3 is 14.2 Å². The van der Waals surface area contributed by atoms with Gasteiger partial charge in [-0.1, -0.05) is 20.8 Å². The molecule has 3 heteroatoms. The summed E-state index contributed by atoms with van der Waals surface area (Å²) in [5.74, 6) is 0.940. The van der Waals surface area contributed by atoms with Crippen molar-refractivity contribution >= 4 is 0 Å². The van der Waals surface area contributed by atoms with E-state index in [0.717, 1.165) is 0 Å². The average molecular weight is 258 g/mol. The summed E-state index contributed by atoms with van der Waals surface area (Å²) in [6.45, 7) is 15.5. The Labute approximate surface area is 112 Å². The zero-order valence-electron chi connectivity index (χ0n) is 13.0. The van der Waals surface area contributed by atoms with Gasteiger partial charge in [-0.05, 0) is 33.6 Å². The van der Waals surface area contributed by atoms with Crippen LogP contribution in [0.3, 0.4) is 0 Å². The third kappa shape index (κ3) is 4.22. The maximum absolute atomic E-state index is 6.15. The fourth-order valence-corrected chi connectivity index (χ4v) is 2.64. The van der Waals surface area contributed by atoms with E-state index in [1.807, 2.05) is 0 Å². The van der Waals surface area contributed by atoms with Crippen molar-refractivity contribution in [2.24, 2.45) is 11.8 Å². The van der Waals surface area contributed by atoms with E-state index in [1.54, 1.807) is 0 Å². The van der Waals surface area contributed by atoms with Crippen molar-refractivity contribution in [1.82, 2.24) is 0 Å². The Bertz CT molecular complexity index is 238. The number of rotatable bonds is 6. The zero-order chi connectivity index (χ0) is 13.9. The Balaban J connectivity index is 2.66. The predicted octanol–water partition coefficient (Wildman–Crippen LogP) is 3.26. The van der Waals surface area contributed by atoms with Crippen molar-refractivity contribution < 1.29 is 14.2 Å². The maximum atomic E-state index is 6.15. The van der Waals surface area contributed by atoms with Crippen molar-refractivity contribution in [3.05, 3.63) is 0 Å². The fraction of sp³-hybridized carbons (Fsp3) is 1.00. The van der Waals surface area contributed by atoms with Crippen LogP contribution in [0.5, 0.6) is 0 Å². The van der Waals surface area contributed by atoms with Crippen LogP contribution in [0.1, 0.15) is 48.5 Å². The molecule has 1 unspecified atom stereocenters. The highest BCUT2D eigenvalue weighted by Gasteiger charge is 2.44. The van der Waals surface area contributed by atoms with E-state index in [2.05, 4.69) is 48.5 Å². The Morgan fingerprint density at radius 1 is 1.00 bits per heavy atom. The molecule has 0 spiro atoms. The van der Waals surface area contributed by atoms with Gasteiger partial charge in [-0.25, -0.2) is 0 Å². The molecule has 0 bridgehead atoms. The Morgan fingerprint density at radius 3 is 2.06 bits per heavy atom. The summed E-state index contributed by atoms with van der Waals surface area (Å²) in [6, 6.07) is 0. The molecule has 0 N–H and O–H groups in total. The van der Waals surface area contributed by atoms with Crippen molar-refractivity contribution in [2.45, 2.75) is 79.0 Å². The maximum Gasteiger partial charge on any atom is 0.108 e.